The van der Waals surface area contributed by atoms with Gasteiger partial charge < -0.3 is 0 Å². The molecule has 3 heterocycles. The molecule has 4 nitrogen and oxygen atoms in total. The minimum Gasteiger partial charge on any atom is -0.275 e. The van der Waals surface area contributed by atoms with Gasteiger partial charge in [-0.25, -0.2) is 9.97 Å². The summed E-state index contributed by atoms with van der Waals surface area (Å²) in [5.74, 6) is 0.612. The molecule has 1 aliphatic rings. The van der Waals surface area contributed by atoms with Gasteiger partial charge in [0.2, 0.25) is 0 Å². The fourth-order valence-electron chi connectivity index (χ4n) is 3.51. The van der Waals surface area contributed by atoms with Crippen LogP contribution in [0.15, 0.2) is 18.6 Å². The van der Waals surface area contributed by atoms with Gasteiger partial charge in [0.1, 0.15) is 6.33 Å². The smallest absolute Gasteiger partial charge is 0.116 e. The third-order valence-corrected chi connectivity index (χ3v) is 5.79. The van der Waals surface area contributed by atoms with Gasteiger partial charge in [-0.15, -0.1) is 11.3 Å². The third kappa shape index (κ3) is 2.33. The molecule has 22 heavy (non-hydrogen) atoms. The summed E-state index contributed by atoms with van der Waals surface area (Å²) in [6, 6.07) is 2.19. The van der Waals surface area contributed by atoms with Crippen LogP contribution in [0.3, 0.4) is 0 Å². The first kappa shape index (κ1) is 13.9. The highest BCUT2D eigenvalue weighted by Gasteiger charge is 2.21. The second kappa shape index (κ2) is 5.47. The monoisotopic (exact) mass is 312 g/mol. The van der Waals surface area contributed by atoms with E-state index >= 15 is 0 Å². The summed E-state index contributed by atoms with van der Waals surface area (Å²) in [5, 5.41) is 4.46. The first-order chi connectivity index (χ1) is 10.7. The van der Waals surface area contributed by atoms with Crippen molar-refractivity contribution < 1.29 is 0 Å². The largest absolute Gasteiger partial charge is 0.275 e. The van der Waals surface area contributed by atoms with Crippen LogP contribution in [-0.4, -0.2) is 19.7 Å². The maximum atomic E-state index is 4.64. The molecular weight excluding hydrogens is 292 g/mol. The predicted molar refractivity (Wildman–Crippen MR) is 90.2 cm³/mol. The predicted octanol–water partition coefficient (Wildman–Crippen LogP) is 4.45. The maximum Gasteiger partial charge on any atom is 0.116 e. The summed E-state index contributed by atoms with van der Waals surface area (Å²) in [5.41, 5.74) is 4.63. The van der Waals surface area contributed by atoms with Crippen molar-refractivity contribution in [3.8, 4) is 10.4 Å². The quantitative estimate of drug-likeness (QED) is 0.702. The second-order valence-corrected chi connectivity index (χ2v) is 7.27. The number of aromatic nitrogens is 4. The normalized spacial score (nSPS) is 16.5. The van der Waals surface area contributed by atoms with Gasteiger partial charge in [0, 0.05) is 29.6 Å². The molecular formula is C17H20N4S. The Morgan fingerprint density at radius 1 is 1.18 bits per heavy atom. The minimum atomic E-state index is 0.612. The van der Waals surface area contributed by atoms with E-state index in [4.69, 9.17) is 0 Å². The van der Waals surface area contributed by atoms with Crippen molar-refractivity contribution in [3.05, 3.63) is 30.0 Å². The van der Waals surface area contributed by atoms with Crippen molar-refractivity contribution in [1.29, 1.82) is 0 Å². The fourth-order valence-corrected chi connectivity index (χ4v) is 4.75. The molecule has 3 aromatic heterocycles. The van der Waals surface area contributed by atoms with Crippen molar-refractivity contribution in [2.45, 2.75) is 44.9 Å². The number of thiophene rings is 1. The number of hydrogen-bond donors (Lipinski definition) is 0. The van der Waals surface area contributed by atoms with Gasteiger partial charge in [0.15, 0.2) is 0 Å². The van der Waals surface area contributed by atoms with Crippen LogP contribution in [0.4, 0.5) is 0 Å². The standard InChI is InChI=1S/C17H20N4S/c1-11-13(9-21(2)20-11)15-8-14-17(22-15)16(19-10-18-14)12-6-4-3-5-7-12/h8-10,12H,3-7H2,1-2H3. The lowest BCUT2D eigenvalue weighted by molar-refractivity contribution is 0.439. The molecule has 0 amide bonds. The van der Waals surface area contributed by atoms with Crippen molar-refractivity contribution >= 4 is 21.6 Å². The SMILES string of the molecule is Cc1nn(C)cc1-c1cc2ncnc(C3CCCCC3)c2s1. The first-order valence-corrected chi connectivity index (χ1v) is 8.79. The molecule has 0 bridgehead atoms. The Labute approximate surface area is 134 Å². The topological polar surface area (TPSA) is 43.6 Å². The second-order valence-electron chi connectivity index (χ2n) is 6.22. The highest BCUT2D eigenvalue weighted by molar-refractivity contribution is 7.22. The molecule has 0 spiro atoms. The summed E-state index contributed by atoms with van der Waals surface area (Å²) < 4.78 is 3.15. The van der Waals surface area contributed by atoms with E-state index in [9.17, 15) is 0 Å². The first-order valence-electron chi connectivity index (χ1n) is 7.97. The molecule has 1 saturated carbocycles. The lowest BCUT2D eigenvalue weighted by Gasteiger charge is -2.21. The van der Waals surface area contributed by atoms with E-state index in [0.717, 1.165) is 11.2 Å². The lowest BCUT2D eigenvalue weighted by Crippen LogP contribution is -2.06. The Bertz CT molecular complexity index is 811. The highest BCUT2D eigenvalue weighted by atomic mass is 32.1. The average Bonchev–Trinajstić information content (AvgIpc) is 3.10. The number of aryl methyl sites for hydroxylation is 2. The van der Waals surface area contributed by atoms with Gasteiger partial charge in [0.05, 0.1) is 21.6 Å². The molecule has 5 heteroatoms. The lowest BCUT2D eigenvalue weighted by atomic mass is 9.87. The molecule has 0 saturated heterocycles. The number of rotatable bonds is 2. The van der Waals surface area contributed by atoms with Gasteiger partial charge in [-0.3, -0.25) is 4.68 Å². The van der Waals surface area contributed by atoms with Crippen LogP contribution in [0.5, 0.6) is 0 Å². The molecule has 0 unspecified atom stereocenters. The maximum absolute atomic E-state index is 4.64. The van der Waals surface area contributed by atoms with Gasteiger partial charge in [0.25, 0.3) is 0 Å². The van der Waals surface area contributed by atoms with Gasteiger partial charge in [-0.05, 0) is 25.8 Å². The molecule has 0 atom stereocenters. The Balaban J connectivity index is 1.82. The van der Waals surface area contributed by atoms with E-state index < -0.39 is 0 Å². The summed E-state index contributed by atoms with van der Waals surface area (Å²) in [6.45, 7) is 2.06. The Morgan fingerprint density at radius 3 is 2.73 bits per heavy atom. The van der Waals surface area contributed by atoms with Gasteiger partial charge >= 0.3 is 0 Å². The van der Waals surface area contributed by atoms with E-state index in [0.29, 0.717) is 5.92 Å². The number of fused-ring (bicyclic) bond motifs is 1. The molecule has 0 N–H and O–H groups in total. The van der Waals surface area contributed by atoms with Crippen LogP contribution >= 0.6 is 11.3 Å². The zero-order valence-corrected chi connectivity index (χ0v) is 13.9. The Morgan fingerprint density at radius 2 is 2.00 bits per heavy atom. The van der Waals surface area contributed by atoms with Crippen LogP contribution in [0, 0.1) is 6.92 Å². The van der Waals surface area contributed by atoms with Gasteiger partial charge in [-0.2, -0.15) is 5.10 Å². The van der Waals surface area contributed by atoms with E-state index in [1.807, 2.05) is 23.1 Å². The molecule has 0 aromatic carbocycles. The van der Waals surface area contributed by atoms with Crippen molar-refractivity contribution in [2.75, 3.05) is 0 Å². The summed E-state index contributed by atoms with van der Waals surface area (Å²) in [7, 11) is 1.97. The van der Waals surface area contributed by atoms with E-state index in [1.165, 1.54) is 52.9 Å². The molecule has 1 aliphatic carbocycles. The third-order valence-electron chi connectivity index (χ3n) is 4.61. The molecule has 1 fully saturated rings. The Kier molecular flexibility index (Phi) is 3.45. The molecule has 0 radical (unpaired) electrons. The summed E-state index contributed by atoms with van der Waals surface area (Å²) >= 11 is 1.82. The van der Waals surface area contributed by atoms with E-state index in [-0.39, 0.29) is 0 Å². The van der Waals surface area contributed by atoms with Crippen molar-refractivity contribution in [2.24, 2.45) is 7.05 Å². The van der Waals surface area contributed by atoms with Gasteiger partial charge in [-0.1, -0.05) is 19.3 Å². The summed E-state index contributed by atoms with van der Waals surface area (Å²) in [4.78, 5) is 10.4. The zero-order valence-electron chi connectivity index (χ0n) is 13.0. The van der Waals surface area contributed by atoms with E-state index in [1.54, 1.807) is 6.33 Å². The average molecular weight is 312 g/mol. The molecule has 4 rings (SSSR count). The molecule has 114 valence electrons. The van der Waals surface area contributed by atoms with E-state index in [2.05, 4.69) is 34.3 Å². The number of nitrogens with zero attached hydrogens (tertiary/aromatic N) is 4. The minimum absolute atomic E-state index is 0.612. The van der Waals surface area contributed by atoms with Crippen LogP contribution < -0.4 is 0 Å². The van der Waals surface area contributed by atoms with Crippen LogP contribution in [0.2, 0.25) is 0 Å². The van der Waals surface area contributed by atoms with Crippen LogP contribution in [0.1, 0.15) is 49.4 Å². The summed E-state index contributed by atoms with van der Waals surface area (Å²) in [6.07, 6.45) is 10.4. The van der Waals surface area contributed by atoms with Crippen LogP contribution in [0.25, 0.3) is 20.7 Å². The Hall–Kier alpha value is -1.75. The van der Waals surface area contributed by atoms with Crippen molar-refractivity contribution in [1.82, 2.24) is 19.7 Å². The fraction of sp³-hybridized carbons (Fsp3) is 0.471. The van der Waals surface area contributed by atoms with Crippen LogP contribution in [-0.2, 0) is 7.05 Å². The molecule has 3 aromatic rings. The van der Waals surface area contributed by atoms with Crippen molar-refractivity contribution in [3.63, 3.8) is 0 Å². The zero-order chi connectivity index (χ0) is 15.1. The number of hydrogen-bond acceptors (Lipinski definition) is 4. The highest BCUT2D eigenvalue weighted by Crippen LogP contribution is 2.40. The molecule has 0 aliphatic heterocycles.